The number of aliphatic carboxylic acids is 1. The molecule has 1 saturated carbocycles. The first-order chi connectivity index (χ1) is 11.8. The quantitative estimate of drug-likeness (QED) is 0.875. The summed E-state index contributed by atoms with van der Waals surface area (Å²) >= 11 is 0. The van der Waals surface area contributed by atoms with Crippen LogP contribution >= 0.6 is 0 Å². The van der Waals surface area contributed by atoms with Crippen LogP contribution < -0.4 is 5.32 Å². The van der Waals surface area contributed by atoms with Crippen LogP contribution in [0, 0.1) is 11.8 Å². The third kappa shape index (κ3) is 3.72. The average Bonchev–Trinajstić information content (AvgIpc) is 3.10. The number of carboxylic acids is 1. The van der Waals surface area contributed by atoms with E-state index < -0.39 is 30.3 Å². The highest BCUT2D eigenvalue weighted by Crippen LogP contribution is 2.48. The summed E-state index contributed by atoms with van der Waals surface area (Å²) in [6.45, 7) is 0.480. The lowest BCUT2D eigenvalue weighted by Gasteiger charge is -2.21. The maximum atomic E-state index is 13.2. The molecule has 1 aromatic carbocycles. The van der Waals surface area contributed by atoms with Crippen LogP contribution in [0.5, 0.6) is 0 Å². The van der Waals surface area contributed by atoms with Crippen LogP contribution in [0.4, 0.5) is 18.0 Å². The summed E-state index contributed by atoms with van der Waals surface area (Å²) in [6.07, 6.45) is -3.14. The number of alkyl halides is 3. The molecule has 1 unspecified atom stereocenters. The zero-order chi connectivity index (χ0) is 18.2. The molecule has 3 atom stereocenters. The second kappa shape index (κ2) is 6.57. The highest BCUT2D eigenvalue weighted by Gasteiger charge is 2.45. The number of hydrogen-bond donors (Lipinski definition) is 2. The summed E-state index contributed by atoms with van der Waals surface area (Å²) in [4.78, 5) is 24.0. The Morgan fingerprint density at radius 3 is 2.32 bits per heavy atom. The fourth-order valence-corrected chi connectivity index (χ4v) is 4.09. The lowest BCUT2D eigenvalue weighted by Crippen LogP contribution is -2.41. The van der Waals surface area contributed by atoms with E-state index in [1.165, 1.54) is 6.07 Å². The molecule has 1 aromatic rings. The van der Waals surface area contributed by atoms with Gasteiger partial charge < -0.3 is 15.3 Å². The lowest BCUT2D eigenvalue weighted by molar-refractivity contribution is -0.138. The molecule has 1 heterocycles. The number of halogens is 3. The molecule has 8 heteroatoms. The molecule has 1 aliphatic carbocycles. The Balaban J connectivity index is 1.64. The minimum atomic E-state index is -4.36. The van der Waals surface area contributed by atoms with E-state index in [1.807, 2.05) is 0 Å². The van der Waals surface area contributed by atoms with Gasteiger partial charge in [0.05, 0.1) is 5.56 Å². The van der Waals surface area contributed by atoms with E-state index in [0.29, 0.717) is 31.5 Å². The van der Waals surface area contributed by atoms with Crippen molar-refractivity contribution in [2.75, 3.05) is 19.6 Å². The fraction of sp³-hybridized carbons (Fsp3) is 0.529. The van der Waals surface area contributed by atoms with Gasteiger partial charge in [0.25, 0.3) is 0 Å². The predicted molar refractivity (Wildman–Crippen MR) is 83.0 cm³/mol. The zero-order valence-corrected chi connectivity index (χ0v) is 13.4. The smallest absolute Gasteiger partial charge is 0.416 e. The normalized spacial score (nSPS) is 25.7. The molecule has 1 saturated heterocycles. The number of nitrogens with one attached hydrogen (secondary N) is 1. The van der Waals surface area contributed by atoms with E-state index in [2.05, 4.69) is 5.32 Å². The van der Waals surface area contributed by atoms with Crippen molar-refractivity contribution in [3.05, 3.63) is 35.4 Å². The van der Waals surface area contributed by atoms with Gasteiger partial charge >= 0.3 is 18.2 Å². The van der Waals surface area contributed by atoms with E-state index in [0.717, 1.165) is 6.07 Å². The van der Waals surface area contributed by atoms with Gasteiger partial charge in [0.1, 0.15) is 6.54 Å². The van der Waals surface area contributed by atoms with Crippen LogP contribution in [0.2, 0.25) is 0 Å². The van der Waals surface area contributed by atoms with Crippen LogP contribution in [0.1, 0.15) is 29.9 Å². The number of urea groups is 1. The van der Waals surface area contributed by atoms with E-state index in [4.69, 9.17) is 5.11 Å². The summed E-state index contributed by atoms with van der Waals surface area (Å²) in [6, 6.07) is 5.27. The summed E-state index contributed by atoms with van der Waals surface area (Å²) in [7, 11) is 0. The van der Waals surface area contributed by atoms with Gasteiger partial charge in [0.15, 0.2) is 0 Å². The maximum Gasteiger partial charge on any atom is 0.416 e. The van der Waals surface area contributed by atoms with E-state index >= 15 is 0 Å². The number of carbonyl (C=O) groups is 2. The highest BCUT2D eigenvalue weighted by molar-refractivity contribution is 5.80. The van der Waals surface area contributed by atoms with Crippen molar-refractivity contribution in [2.45, 2.75) is 24.9 Å². The first-order valence-corrected chi connectivity index (χ1v) is 8.16. The predicted octanol–water partition coefficient (Wildman–Crippen LogP) is 2.93. The van der Waals surface area contributed by atoms with Crippen molar-refractivity contribution in [1.29, 1.82) is 0 Å². The molecule has 5 nitrogen and oxygen atoms in total. The molecule has 2 aliphatic rings. The Hall–Kier alpha value is -2.25. The second-order valence-electron chi connectivity index (χ2n) is 6.73. The van der Waals surface area contributed by atoms with Crippen molar-refractivity contribution in [1.82, 2.24) is 10.2 Å². The van der Waals surface area contributed by atoms with Gasteiger partial charge in [-0.05, 0) is 42.2 Å². The number of likely N-dealkylation sites (tertiary alicyclic amines) is 1. The SMILES string of the molecule is O=C(O)CNC(=O)N1C[C@H]2CC(c3ccccc3C(F)(F)F)C[C@H]2C1. The van der Waals surface area contributed by atoms with Gasteiger partial charge in [0, 0.05) is 13.1 Å². The van der Waals surface area contributed by atoms with E-state index in [1.54, 1.807) is 17.0 Å². The number of benzene rings is 1. The number of rotatable bonds is 3. The molecule has 3 rings (SSSR count). The molecule has 2 amide bonds. The van der Waals surface area contributed by atoms with Crippen molar-refractivity contribution in [3.8, 4) is 0 Å². The number of carboxylic acid groups (broad SMARTS) is 1. The van der Waals surface area contributed by atoms with Crippen molar-refractivity contribution < 1.29 is 27.9 Å². The first-order valence-electron chi connectivity index (χ1n) is 8.16. The number of carbonyl (C=O) groups excluding carboxylic acids is 1. The molecule has 2 N–H and O–H groups in total. The van der Waals surface area contributed by atoms with Crippen molar-refractivity contribution >= 4 is 12.0 Å². The minimum absolute atomic E-state index is 0.155. The van der Waals surface area contributed by atoms with Crippen LogP contribution in [0.25, 0.3) is 0 Å². The molecule has 1 aliphatic heterocycles. The molecule has 0 bridgehead atoms. The number of hydrogen-bond acceptors (Lipinski definition) is 2. The third-order valence-electron chi connectivity index (χ3n) is 5.14. The molecule has 25 heavy (non-hydrogen) atoms. The van der Waals surface area contributed by atoms with Gasteiger partial charge in [-0.1, -0.05) is 18.2 Å². The molecule has 0 radical (unpaired) electrons. The van der Waals surface area contributed by atoms with Crippen molar-refractivity contribution in [3.63, 3.8) is 0 Å². The Morgan fingerprint density at radius 1 is 1.16 bits per heavy atom. The Kier molecular flexibility index (Phi) is 4.62. The lowest BCUT2D eigenvalue weighted by atomic mass is 9.91. The number of fused-ring (bicyclic) bond motifs is 1. The van der Waals surface area contributed by atoms with Crippen molar-refractivity contribution in [2.24, 2.45) is 11.8 Å². The summed E-state index contributed by atoms with van der Waals surface area (Å²) < 4.78 is 39.6. The molecular weight excluding hydrogens is 337 g/mol. The van der Waals surface area contributed by atoms with Gasteiger partial charge in [-0.3, -0.25) is 4.79 Å². The second-order valence-corrected chi connectivity index (χ2v) is 6.73. The fourth-order valence-electron chi connectivity index (χ4n) is 4.09. The van der Waals surface area contributed by atoms with Gasteiger partial charge in [-0.2, -0.15) is 13.2 Å². The van der Waals surface area contributed by atoms with Gasteiger partial charge in [-0.15, -0.1) is 0 Å². The summed E-state index contributed by atoms with van der Waals surface area (Å²) in [5.41, 5.74) is -0.234. The molecule has 0 aromatic heterocycles. The molecule has 136 valence electrons. The monoisotopic (exact) mass is 356 g/mol. The van der Waals surface area contributed by atoms with Gasteiger partial charge in [-0.25, -0.2) is 4.79 Å². The average molecular weight is 356 g/mol. The van der Waals surface area contributed by atoms with E-state index in [-0.39, 0.29) is 17.8 Å². The van der Waals surface area contributed by atoms with Crippen LogP contribution in [0.3, 0.4) is 0 Å². The molecular formula is C17H19F3N2O3. The first kappa shape index (κ1) is 17.6. The number of nitrogens with zero attached hydrogens (tertiary/aromatic N) is 1. The topological polar surface area (TPSA) is 69.6 Å². The Morgan fingerprint density at radius 2 is 1.76 bits per heavy atom. The summed E-state index contributed by atoms with van der Waals surface area (Å²) in [5.74, 6) is -0.961. The highest BCUT2D eigenvalue weighted by atomic mass is 19.4. The van der Waals surface area contributed by atoms with Crippen LogP contribution in [0.15, 0.2) is 24.3 Å². The zero-order valence-electron chi connectivity index (χ0n) is 13.4. The van der Waals surface area contributed by atoms with Crippen LogP contribution in [-0.2, 0) is 11.0 Å². The number of amides is 2. The van der Waals surface area contributed by atoms with E-state index in [9.17, 15) is 22.8 Å². The molecule has 0 spiro atoms. The largest absolute Gasteiger partial charge is 0.480 e. The third-order valence-corrected chi connectivity index (χ3v) is 5.14. The van der Waals surface area contributed by atoms with Crippen LogP contribution in [-0.4, -0.2) is 41.6 Å². The Labute approximate surface area is 142 Å². The summed E-state index contributed by atoms with van der Waals surface area (Å²) in [5, 5.41) is 10.9. The maximum absolute atomic E-state index is 13.2. The minimum Gasteiger partial charge on any atom is -0.480 e. The molecule has 2 fully saturated rings. The van der Waals surface area contributed by atoms with Gasteiger partial charge in [0.2, 0.25) is 0 Å². The Bertz CT molecular complexity index is 663. The standard InChI is InChI=1S/C17H19F3N2O3/c18-17(19,20)14-4-2-1-3-13(14)10-5-11-8-22(9-12(11)6-10)16(25)21-7-15(23)24/h1-4,10-12H,5-9H2,(H,21,25)(H,23,24)/t10?,11-,12+.